The van der Waals surface area contributed by atoms with Crippen LogP contribution in [0.15, 0.2) is 41.7 Å². The number of carbonyl (C=O) groups is 1. The average molecular weight is 339 g/mol. The number of hydrogen-bond donors (Lipinski definition) is 2. The van der Waals surface area contributed by atoms with Gasteiger partial charge in [0.05, 0.1) is 25.4 Å². The highest BCUT2D eigenvalue weighted by molar-refractivity contribution is 7.89. The van der Waals surface area contributed by atoms with E-state index in [1.807, 2.05) is 0 Å². The molecule has 0 fully saturated rings. The normalized spacial score (nSPS) is 12.6. The van der Waals surface area contributed by atoms with Gasteiger partial charge in [0.15, 0.2) is 0 Å². The van der Waals surface area contributed by atoms with Crippen LogP contribution in [0.25, 0.3) is 0 Å². The maximum absolute atomic E-state index is 12.4. The Labute approximate surface area is 133 Å². The predicted octanol–water partition coefficient (Wildman–Crippen LogP) is 0.481. The molecule has 1 heterocycles. The number of ether oxygens (including phenoxy) is 2. The van der Waals surface area contributed by atoms with E-state index in [2.05, 4.69) is 19.4 Å². The van der Waals surface area contributed by atoms with Gasteiger partial charge in [-0.25, -0.2) is 13.4 Å². The Morgan fingerprint density at radius 2 is 2.00 bits per heavy atom. The van der Waals surface area contributed by atoms with Crippen molar-refractivity contribution in [1.82, 2.24) is 14.7 Å². The molecule has 1 aromatic heterocycles. The first-order chi connectivity index (χ1) is 11.0. The van der Waals surface area contributed by atoms with Crippen LogP contribution in [0.4, 0.5) is 0 Å². The van der Waals surface area contributed by atoms with Crippen LogP contribution < -0.4 is 9.46 Å². The zero-order valence-electron chi connectivity index (χ0n) is 12.6. The molecular formula is C14H17N3O5S. The molecule has 2 rings (SSSR count). The number of aromatic amines is 1. The standard InChI is InChI=1S/C14H17N3O5S/c1-21-11-3-5-12(6-4-11)23(19,20)17-13(14(18)22-2)7-10-8-15-9-16-10/h3-6,8-9,13,17H,7H2,1-2H3,(H,15,16)/t13-/m0/s1. The Bertz CT molecular complexity index is 741. The number of hydrogen-bond acceptors (Lipinski definition) is 6. The van der Waals surface area contributed by atoms with Crippen LogP contribution in [0.3, 0.4) is 0 Å². The SMILES string of the molecule is COC(=O)[C@H](Cc1cnc[nH]1)NS(=O)(=O)c1ccc(OC)cc1. The number of carbonyl (C=O) groups excluding carboxylic acids is 1. The van der Waals surface area contributed by atoms with Crippen molar-refractivity contribution in [1.29, 1.82) is 0 Å². The number of nitrogens with one attached hydrogen (secondary N) is 2. The first kappa shape index (κ1) is 17.0. The van der Waals surface area contributed by atoms with E-state index in [0.717, 1.165) is 0 Å². The van der Waals surface area contributed by atoms with Gasteiger partial charge in [-0.1, -0.05) is 0 Å². The second-order valence-electron chi connectivity index (χ2n) is 4.65. The lowest BCUT2D eigenvalue weighted by Gasteiger charge is -2.16. The van der Waals surface area contributed by atoms with E-state index in [1.165, 1.54) is 51.0 Å². The largest absolute Gasteiger partial charge is 0.497 e. The molecule has 1 aromatic carbocycles. The lowest BCUT2D eigenvalue weighted by molar-refractivity contribution is -0.142. The highest BCUT2D eigenvalue weighted by Gasteiger charge is 2.27. The summed E-state index contributed by atoms with van der Waals surface area (Å²) in [7, 11) is -1.20. The van der Waals surface area contributed by atoms with Crippen LogP contribution in [0, 0.1) is 0 Å². The van der Waals surface area contributed by atoms with Crippen LogP contribution in [-0.2, 0) is 26.0 Å². The van der Waals surface area contributed by atoms with Crippen molar-refractivity contribution >= 4 is 16.0 Å². The highest BCUT2D eigenvalue weighted by Crippen LogP contribution is 2.16. The number of methoxy groups -OCH3 is 2. The fourth-order valence-electron chi connectivity index (χ4n) is 1.94. The number of nitrogens with zero attached hydrogens (tertiary/aromatic N) is 1. The van der Waals surface area contributed by atoms with Crippen LogP contribution in [0.2, 0.25) is 0 Å². The Balaban J connectivity index is 2.20. The molecule has 0 bridgehead atoms. The van der Waals surface area contributed by atoms with Crippen molar-refractivity contribution in [3.8, 4) is 5.75 Å². The van der Waals surface area contributed by atoms with Gasteiger partial charge in [-0.05, 0) is 24.3 Å². The maximum atomic E-state index is 12.4. The van der Waals surface area contributed by atoms with E-state index in [9.17, 15) is 13.2 Å². The summed E-state index contributed by atoms with van der Waals surface area (Å²) in [5.74, 6) is -0.150. The lowest BCUT2D eigenvalue weighted by atomic mass is 10.2. The van der Waals surface area contributed by atoms with Gasteiger partial charge in [-0.2, -0.15) is 4.72 Å². The fraction of sp³-hybridized carbons (Fsp3) is 0.286. The lowest BCUT2D eigenvalue weighted by Crippen LogP contribution is -2.43. The first-order valence-electron chi connectivity index (χ1n) is 6.67. The van der Waals surface area contributed by atoms with Crippen LogP contribution >= 0.6 is 0 Å². The number of H-pyrrole nitrogens is 1. The molecule has 2 N–H and O–H groups in total. The van der Waals surface area contributed by atoms with E-state index in [1.54, 1.807) is 0 Å². The number of esters is 1. The van der Waals surface area contributed by atoms with E-state index in [4.69, 9.17) is 4.74 Å². The van der Waals surface area contributed by atoms with E-state index in [0.29, 0.717) is 11.4 Å². The minimum atomic E-state index is -3.88. The Kier molecular flexibility index (Phi) is 5.35. The van der Waals surface area contributed by atoms with Crippen molar-refractivity contribution in [3.05, 3.63) is 42.5 Å². The molecule has 2 aromatic rings. The zero-order chi connectivity index (χ0) is 16.9. The van der Waals surface area contributed by atoms with Crippen LogP contribution in [0.1, 0.15) is 5.69 Å². The summed E-state index contributed by atoms with van der Waals surface area (Å²) in [6.45, 7) is 0. The van der Waals surface area contributed by atoms with Crippen LogP contribution in [-0.4, -0.2) is 44.6 Å². The number of benzene rings is 1. The molecule has 0 saturated carbocycles. The quantitative estimate of drug-likeness (QED) is 0.710. The minimum absolute atomic E-state index is 0.0248. The number of rotatable bonds is 7. The molecule has 0 aliphatic heterocycles. The highest BCUT2D eigenvalue weighted by atomic mass is 32.2. The zero-order valence-corrected chi connectivity index (χ0v) is 13.5. The number of imidazole rings is 1. The first-order valence-corrected chi connectivity index (χ1v) is 8.16. The summed E-state index contributed by atoms with van der Waals surface area (Å²) in [6.07, 6.45) is 3.06. The molecule has 124 valence electrons. The Morgan fingerprint density at radius 3 is 2.52 bits per heavy atom. The maximum Gasteiger partial charge on any atom is 0.324 e. The predicted molar refractivity (Wildman–Crippen MR) is 81.4 cm³/mol. The summed E-state index contributed by atoms with van der Waals surface area (Å²) >= 11 is 0. The molecule has 0 unspecified atom stereocenters. The molecule has 0 amide bonds. The van der Waals surface area contributed by atoms with Crippen molar-refractivity contribution in [3.63, 3.8) is 0 Å². The van der Waals surface area contributed by atoms with Gasteiger partial charge < -0.3 is 14.5 Å². The van der Waals surface area contributed by atoms with E-state index < -0.39 is 22.0 Å². The summed E-state index contributed by atoms with van der Waals surface area (Å²) in [4.78, 5) is 18.5. The van der Waals surface area contributed by atoms with Gasteiger partial charge in [0.25, 0.3) is 0 Å². The van der Waals surface area contributed by atoms with Gasteiger partial charge in [-0.15, -0.1) is 0 Å². The summed E-state index contributed by atoms with van der Waals surface area (Å²) in [5, 5.41) is 0. The van der Waals surface area contributed by atoms with Crippen molar-refractivity contribution in [2.45, 2.75) is 17.4 Å². The van der Waals surface area contributed by atoms with Crippen molar-refractivity contribution < 1.29 is 22.7 Å². The van der Waals surface area contributed by atoms with E-state index in [-0.39, 0.29) is 11.3 Å². The minimum Gasteiger partial charge on any atom is -0.497 e. The molecular weight excluding hydrogens is 322 g/mol. The topological polar surface area (TPSA) is 110 Å². The molecule has 9 heteroatoms. The second-order valence-corrected chi connectivity index (χ2v) is 6.37. The van der Waals surface area contributed by atoms with Gasteiger partial charge in [0.2, 0.25) is 10.0 Å². The third-order valence-corrected chi connectivity index (χ3v) is 4.62. The van der Waals surface area contributed by atoms with Gasteiger partial charge in [-0.3, -0.25) is 4.79 Å². The smallest absolute Gasteiger partial charge is 0.324 e. The van der Waals surface area contributed by atoms with E-state index >= 15 is 0 Å². The van der Waals surface area contributed by atoms with Crippen LogP contribution in [0.5, 0.6) is 5.75 Å². The summed E-state index contributed by atoms with van der Waals surface area (Å²) < 4.78 is 36.8. The second kappa shape index (κ2) is 7.25. The van der Waals surface area contributed by atoms with Gasteiger partial charge in [0, 0.05) is 18.3 Å². The molecule has 0 spiro atoms. The Hall–Kier alpha value is -2.39. The molecule has 1 atom stereocenters. The molecule has 23 heavy (non-hydrogen) atoms. The molecule has 0 radical (unpaired) electrons. The third kappa shape index (κ3) is 4.30. The molecule has 0 aliphatic rings. The molecule has 0 aliphatic carbocycles. The average Bonchev–Trinajstić information content (AvgIpc) is 3.06. The Morgan fingerprint density at radius 1 is 1.30 bits per heavy atom. The van der Waals surface area contributed by atoms with Gasteiger partial charge in [0.1, 0.15) is 11.8 Å². The van der Waals surface area contributed by atoms with Crippen molar-refractivity contribution in [2.24, 2.45) is 0 Å². The van der Waals surface area contributed by atoms with Crippen molar-refractivity contribution in [2.75, 3.05) is 14.2 Å². The molecule has 0 saturated heterocycles. The fourth-order valence-corrected chi connectivity index (χ4v) is 3.13. The third-order valence-electron chi connectivity index (χ3n) is 3.13. The summed E-state index contributed by atoms with van der Waals surface area (Å²) in [6, 6.07) is 4.78. The summed E-state index contributed by atoms with van der Waals surface area (Å²) in [5.41, 5.74) is 0.609. The monoisotopic (exact) mass is 339 g/mol. The number of aromatic nitrogens is 2. The number of sulfonamides is 1. The molecule has 8 nitrogen and oxygen atoms in total. The van der Waals surface area contributed by atoms with Gasteiger partial charge >= 0.3 is 5.97 Å².